The SMILES string of the molecule is CN=CCCNC(=O)C(C)(C)c1cccn2c(C3(c4ccc(Cl)cc4)CCC3)nnc12. The van der Waals surface area contributed by atoms with Crippen molar-refractivity contribution in [1.29, 1.82) is 0 Å². The Hall–Kier alpha value is -2.73. The van der Waals surface area contributed by atoms with Crippen molar-refractivity contribution >= 4 is 29.4 Å². The van der Waals surface area contributed by atoms with Crippen LogP contribution in [-0.2, 0) is 15.6 Å². The van der Waals surface area contributed by atoms with Gasteiger partial charge < -0.3 is 10.3 Å². The van der Waals surface area contributed by atoms with E-state index in [-0.39, 0.29) is 11.3 Å². The number of benzene rings is 1. The van der Waals surface area contributed by atoms with Crippen molar-refractivity contribution in [3.05, 3.63) is 64.6 Å². The molecule has 1 aliphatic rings. The molecule has 4 rings (SSSR count). The molecule has 31 heavy (non-hydrogen) atoms. The number of aliphatic imine (C=N–C) groups is 1. The molecule has 1 saturated carbocycles. The van der Waals surface area contributed by atoms with E-state index < -0.39 is 5.41 Å². The van der Waals surface area contributed by atoms with Crippen molar-refractivity contribution in [1.82, 2.24) is 19.9 Å². The molecule has 1 amide bonds. The van der Waals surface area contributed by atoms with Gasteiger partial charge in [0, 0.05) is 36.6 Å². The number of halogens is 1. The number of aromatic nitrogens is 3. The van der Waals surface area contributed by atoms with Crippen molar-refractivity contribution in [3.8, 4) is 0 Å². The lowest BCUT2D eigenvalue weighted by atomic mass is 9.64. The van der Waals surface area contributed by atoms with Crippen LogP contribution < -0.4 is 5.32 Å². The third-order valence-corrected chi connectivity index (χ3v) is 6.70. The van der Waals surface area contributed by atoms with Crippen molar-refractivity contribution in [2.75, 3.05) is 13.6 Å². The zero-order valence-corrected chi connectivity index (χ0v) is 19.0. The van der Waals surface area contributed by atoms with Gasteiger partial charge in [-0.15, -0.1) is 10.2 Å². The number of rotatable bonds is 7. The summed E-state index contributed by atoms with van der Waals surface area (Å²) in [7, 11) is 1.73. The van der Waals surface area contributed by atoms with E-state index in [0.717, 1.165) is 41.3 Å². The van der Waals surface area contributed by atoms with Crippen LogP contribution in [0.25, 0.3) is 5.65 Å². The Labute approximate surface area is 187 Å². The van der Waals surface area contributed by atoms with E-state index in [1.807, 2.05) is 44.3 Å². The van der Waals surface area contributed by atoms with Gasteiger partial charge in [-0.25, -0.2) is 0 Å². The first-order valence-corrected chi connectivity index (χ1v) is 11.1. The quantitative estimate of drug-likeness (QED) is 0.441. The molecule has 162 valence electrons. The lowest BCUT2D eigenvalue weighted by molar-refractivity contribution is -0.125. The molecular formula is C24H28ClN5O. The summed E-state index contributed by atoms with van der Waals surface area (Å²) in [5.41, 5.74) is 1.88. The van der Waals surface area contributed by atoms with Gasteiger partial charge in [-0.1, -0.05) is 36.2 Å². The Morgan fingerprint density at radius 1 is 1.26 bits per heavy atom. The summed E-state index contributed by atoms with van der Waals surface area (Å²) in [4.78, 5) is 16.9. The number of fused-ring (bicyclic) bond motifs is 1. The first kappa shape index (κ1) is 21.5. The molecule has 2 heterocycles. The second kappa shape index (κ2) is 8.42. The fourth-order valence-corrected chi connectivity index (χ4v) is 4.52. The monoisotopic (exact) mass is 437 g/mol. The van der Waals surface area contributed by atoms with E-state index in [1.54, 1.807) is 13.3 Å². The number of nitrogens with zero attached hydrogens (tertiary/aromatic N) is 4. The second-order valence-corrected chi connectivity index (χ2v) is 9.13. The molecule has 0 saturated heterocycles. The summed E-state index contributed by atoms with van der Waals surface area (Å²) in [5, 5.41) is 12.9. The molecule has 0 radical (unpaired) electrons. The zero-order chi connectivity index (χ0) is 22.1. The standard InChI is InChI=1S/C24H28ClN5O/c1-23(2,22(31)27-15-6-14-26-3)19-7-4-16-30-20(19)28-29-21(30)24(12-5-13-24)17-8-10-18(25)11-9-17/h4,7-11,14,16H,5-6,12-13,15H2,1-3H3,(H,27,31). The molecule has 3 aromatic rings. The Kier molecular flexibility index (Phi) is 5.84. The molecule has 0 bridgehead atoms. The summed E-state index contributed by atoms with van der Waals surface area (Å²) in [6.45, 7) is 4.41. The third-order valence-electron chi connectivity index (χ3n) is 6.45. The summed E-state index contributed by atoms with van der Waals surface area (Å²) in [6.07, 6.45) is 7.68. The lowest BCUT2D eigenvalue weighted by Crippen LogP contribution is -2.41. The fourth-order valence-electron chi connectivity index (χ4n) is 4.39. The molecule has 1 aromatic carbocycles. The number of carbonyl (C=O) groups excluding carboxylic acids is 1. The minimum Gasteiger partial charge on any atom is -0.355 e. The molecule has 0 aliphatic heterocycles. The van der Waals surface area contributed by atoms with Crippen LogP contribution in [-0.4, -0.2) is 40.3 Å². The van der Waals surface area contributed by atoms with Gasteiger partial charge in [-0.2, -0.15) is 0 Å². The van der Waals surface area contributed by atoms with Crippen molar-refractivity contribution in [2.45, 2.75) is 50.4 Å². The van der Waals surface area contributed by atoms with E-state index in [4.69, 9.17) is 11.6 Å². The van der Waals surface area contributed by atoms with Gasteiger partial charge in [0.15, 0.2) is 5.65 Å². The highest BCUT2D eigenvalue weighted by Gasteiger charge is 2.44. The average Bonchev–Trinajstić information content (AvgIpc) is 3.16. The maximum Gasteiger partial charge on any atom is 0.230 e. The van der Waals surface area contributed by atoms with Crippen LogP contribution in [0.3, 0.4) is 0 Å². The maximum atomic E-state index is 13.0. The van der Waals surface area contributed by atoms with E-state index >= 15 is 0 Å². The fraction of sp³-hybridized carbons (Fsp3) is 0.417. The first-order valence-electron chi connectivity index (χ1n) is 10.7. The Balaban J connectivity index is 1.71. The lowest BCUT2D eigenvalue weighted by Gasteiger charge is -2.41. The first-order chi connectivity index (χ1) is 14.9. The zero-order valence-electron chi connectivity index (χ0n) is 18.2. The number of amides is 1. The van der Waals surface area contributed by atoms with Gasteiger partial charge in [0.05, 0.1) is 10.8 Å². The number of hydrogen-bond acceptors (Lipinski definition) is 4. The van der Waals surface area contributed by atoms with Crippen molar-refractivity contribution in [2.24, 2.45) is 4.99 Å². The van der Waals surface area contributed by atoms with E-state index in [0.29, 0.717) is 13.0 Å². The number of nitrogens with one attached hydrogen (secondary N) is 1. The molecule has 6 nitrogen and oxygen atoms in total. The largest absolute Gasteiger partial charge is 0.355 e. The number of pyridine rings is 1. The second-order valence-electron chi connectivity index (χ2n) is 8.69. The normalized spacial score (nSPS) is 15.9. The molecule has 0 spiro atoms. The molecule has 2 aromatic heterocycles. The molecular weight excluding hydrogens is 410 g/mol. The van der Waals surface area contributed by atoms with Crippen LogP contribution >= 0.6 is 11.6 Å². The third kappa shape index (κ3) is 3.74. The van der Waals surface area contributed by atoms with Crippen LogP contribution in [0.1, 0.15) is 56.5 Å². The highest BCUT2D eigenvalue weighted by molar-refractivity contribution is 6.30. The van der Waals surface area contributed by atoms with E-state index in [1.165, 1.54) is 5.56 Å². The van der Waals surface area contributed by atoms with E-state index in [2.05, 4.69) is 37.0 Å². The predicted octanol–water partition coefficient (Wildman–Crippen LogP) is 4.34. The Morgan fingerprint density at radius 3 is 2.65 bits per heavy atom. The Morgan fingerprint density at radius 2 is 2.00 bits per heavy atom. The molecule has 1 N–H and O–H groups in total. The minimum absolute atomic E-state index is 0.0364. The van der Waals surface area contributed by atoms with Gasteiger partial charge in [0.2, 0.25) is 5.91 Å². The molecule has 1 fully saturated rings. The number of hydrogen-bond donors (Lipinski definition) is 1. The smallest absolute Gasteiger partial charge is 0.230 e. The summed E-state index contributed by atoms with van der Waals surface area (Å²) >= 11 is 6.12. The van der Waals surface area contributed by atoms with Gasteiger partial charge in [0.25, 0.3) is 0 Å². The Bertz CT molecular complexity index is 1110. The van der Waals surface area contributed by atoms with Crippen molar-refractivity contribution < 1.29 is 4.79 Å². The van der Waals surface area contributed by atoms with Crippen LogP contribution in [0.4, 0.5) is 0 Å². The van der Waals surface area contributed by atoms with Crippen LogP contribution in [0.5, 0.6) is 0 Å². The highest BCUT2D eigenvalue weighted by atomic mass is 35.5. The predicted molar refractivity (Wildman–Crippen MR) is 124 cm³/mol. The van der Waals surface area contributed by atoms with Gasteiger partial charge in [0.1, 0.15) is 5.82 Å². The topological polar surface area (TPSA) is 71.7 Å². The summed E-state index contributed by atoms with van der Waals surface area (Å²) in [5.74, 6) is 0.888. The molecule has 0 atom stereocenters. The van der Waals surface area contributed by atoms with Crippen molar-refractivity contribution in [3.63, 3.8) is 0 Å². The summed E-state index contributed by atoms with van der Waals surface area (Å²) in [6, 6.07) is 12.0. The van der Waals surface area contributed by atoms with Gasteiger partial charge in [-0.05, 0) is 56.9 Å². The summed E-state index contributed by atoms with van der Waals surface area (Å²) < 4.78 is 2.06. The average molecular weight is 438 g/mol. The van der Waals surface area contributed by atoms with Gasteiger partial charge >= 0.3 is 0 Å². The highest BCUT2D eigenvalue weighted by Crippen LogP contribution is 2.48. The van der Waals surface area contributed by atoms with Crippen LogP contribution in [0, 0.1) is 0 Å². The number of carbonyl (C=O) groups is 1. The van der Waals surface area contributed by atoms with Gasteiger partial charge in [-0.3, -0.25) is 9.20 Å². The van der Waals surface area contributed by atoms with Crippen LogP contribution in [0.2, 0.25) is 5.02 Å². The molecule has 7 heteroatoms. The molecule has 0 unspecified atom stereocenters. The molecule has 1 aliphatic carbocycles. The van der Waals surface area contributed by atoms with Crippen LogP contribution in [0.15, 0.2) is 47.6 Å². The van der Waals surface area contributed by atoms with E-state index in [9.17, 15) is 4.79 Å². The minimum atomic E-state index is -0.747. The maximum absolute atomic E-state index is 13.0.